The van der Waals surface area contributed by atoms with Crippen molar-refractivity contribution < 1.29 is 5.11 Å². The van der Waals surface area contributed by atoms with Crippen molar-refractivity contribution in [2.24, 2.45) is 11.8 Å². The molecule has 1 heterocycles. The molecule has 0 amide bonds. The molecule has 1 aliphatic rings. The maximum absolute atomic E-state index is 9.36. The number of nitrogen functional groups attached to an aromatic ring is 1. The maximum atomic E-state index is 9.36. The molecule has 21 heavy (non-hydrogen) atoms. The van der Waals surface area contributed by atoms with Gasteiger partial charge in [0.05, 0.1) is 0 Å². The van der Waals surface area contributed by atoms with Gasteiger partial charge in [0.15, 0.2) is 0 Å². The van der Waals surface area contributed by atoms with Crippen LogP contribution in [0, 0.1) is 11.8 Å². The highest BCUT2D eigenvalue weighted by Gasteiger charge is 2.26. The number of aliphatic hydroxyl groups excluding tert-OH is 1. The van der Waals surface area contributed by atoms with Crippen molar-refractivity contribution in [2.45, 2.75) is 33.1 Å². The van der Waals surface area contributed by atoms with Crippen molar-refractivity contribution in [1.82, 2.24) is 15.0 Å². The van der Waals surface area contributed by atoms with Crippen LogP contribution < -0.4 is 16.0 Å². The maximum Gasteiger partial charge on any atom is 0.231 e. The summed E-state index contributed by atoms with van der Waals surface area (Å²) in [5.41, 5.74) is 5.77. The SMILES string of the molecule is CCN(CC)c1nc(N)nc(NCC2CCCC2CO)n1. The quantitative estimate of drug-likeness (QED) is 0.693. The van der Waals surface area contributed by atoms with Crippen LogP contribution in [0.5, 0.6) is 0 Å². The smallest absolute Gasteiger partial charge is 0.231 e. The summed E-state index contributed by atoms with van der Waals surface area (Å²) in [5.74, 6) is 2.23. The Hall–Kier alpha value is -1.63. The molecule has 7 heteroatoms. The van der Waals surface area contributed by atoms with E-state index in [0.29, 0.717) is 23.7 Å². The Bertz CT molecular complexity index is 451. The second-order valence-electron chi connectivity index (χ2n) is 5.50. The number of nitrogens with one attached hydrogen (secondary N) is 1. The van der Waals surface area contributed by atoms with Crippen LogP contribution in [0.2, 0.25) is 0 Å². The van der Waals surface area contributed by atoms with Crippen LogP contribution in [0.25, 0.3) is 0 Å². The van der Waals surface area contributed by atoms with E-state index in [4.69, 9.17) is 5.73 Å². The minimum Gasteiger partial charge on any atom is -0.396 e. The number of rotatable bonds is 7. The Kier molecular flexibility index (Phi) is 5.55. The average Bonchev–Trinajstić information content (AvgIpc) is 2.93. The van der Waals surface area contributed by atoms with Crippen LogP contribution in [-0.2, 0) is 0 Å². The molecule has 1 aromatic heterocycles. The van der Waals surface area contributed by atoms with Gasteiger partial charge in [0, 0.05) is 26.2 Å². The summed E-state index contributed by atoms with van der Waals surface area (Å²) in [7, 11) is 0. The summed E-state index contributed by atoms with van der Waals surface area (Å²) in [6, 6.07) is 0. The van der Waals surface area contributed by atoms with Gasteiger partial charge in [-0.15, -0.1) is 0 Å². The minimum absolute atomic E-state index is 0.236. The van der Waals surface area contributed by atoms with Gasteiger partial charge in [-0.2, -0.15) is 15.0 Å². The Morgan fingerprint density at radius 3 is 2.57 bits per heavy atom. The molecule has 0 aliphatic heterocycles. The summed E-state index contributed by atoms with van der Waals surface area (Å²) in [6.45, 7) is 6.80. The van der Waals surface area contributed by atoms with E-state index >= 15 is 0 Å². The van der Waals surface area contributed by atoms with Gasteiger partial charge in [-0.25, -0.2) is 0 Å². The lowest BCUT2D eigenvalue weighted by Crippen LogP contribution is -2.26. The first-order chi connectivity index (χ1) is 10.2. The first kappa shape index (κ1) is 15.8. The zero-order chi connectivity index (χ0) is 15.2. The highest BCUT2D eigenvalue weighted by atomic mass is 16.3. The van der Waals surface area contributed by atoms with Gasteiger partial charge >= 0.3 is 0 Å². The van der Waals surface area contributed by atoms with Gasteiger partial charge in [-0.1, -0.05) is 6.42 Å². The van der Waals surface area contributed by atoms with Crippen molar-refractivity contribution in [2.75, 3.05) is 42.2 Å². The molecule has 1 aromatic rings. The molecule has 2 atom stereocenters. The van der Waals surface area contributed by atoms with E-state index < -0.39 is 0 Å². The van der Waals surface area contributed by atoms with Crippen LogP contribution in [-0.4, -0.2) is 46.3 Å². The number of aromatic nitrogens is 3. The van der Waals surface area contributed by atoms with Crippen LogP contribution in [0.15, 0.2) is 0 Å². The van der Waals surface area contributed by atoms with Gasteiger partial charge in [0.2, 0.25) is 17.8 Å². The van der Waals surface area contributed by atoms with Crippen molar-refractivity contribution in [1.29, 1.82) is 0 Å². The fourth-order valence-corrected chi connectivity index (χ4v) is 2.95. The highest BCUT2D eigenvalue weighted by Crippen LogP contribution is 2.31. The lowest BCUT2D eigenvalue weighted by Gasteiger charge is -2.20. The van der Waals surface area contributed by atoms with Crippen LogP contribution >= 0.6 is 0 Å². The Labute approximate surface area is 126 Å². The van der Waals surface area contributed by atoms with E-state index in [1.807, 2.05) is 4.90 Å². The third-order valence-electron chi connectivity index (χ3n) is 4.26. The molecule has 0 aromatic carbocycles. The number of hydrogen-bond acceptors (Lipinski definition) is 7. The number of hydrogen-bond donors (Lipinski definition) is 3. The summed E-state index contributed by atoms with van der Waals surface area (Å²) in [4.78, 5) is 14.8. The summed E-state index contributed by atoms with van der Waals surface area (Å²) in [6.07, 6.45) is 3.43. The minimum atomic E-state index is 0.236. The van der Waals surface area contributed by atoms with Crippen molar-refractivity contribution in [3.8, 4) is 0 Å². The largest absolute Gasteiger partial charge is 0.396 e. The monoisotopic (exact) mass is 294 g/mol. The summed E-state index contributed by atoms with van der Waals surface area (Å²) in [5, 5.41) is 12.6. The second-order valence-corrected chi connectivity index (χ2v) is 5.50. The molecule has 0 bridgehead atoms. The Morgan fingerprint density at radius 1 is 1.19 bits per heavy atom. The lowest BCUT2D eigenvalue weighted by molar-refractivity contribution is 0.199. The van der Waals surface area contributed by atoms with Gasteiger partial charge in [-0.3, -0.25) is 0 Å². The van der Waals surface area contributed by atoms with Crippen LogP contribution in [0.3, 0.4) is 0 Å². The third kappa shape index (κ3) is 3.93. The van der Waals surface area contributed by atoms with E-state index in [1.54, 1.807) is 0 Å². The molecule has 0 radical (unpaired) electrons. The van der Waals surface area contributed by atoms with Crippen LogP contribution in [0.4, 0.5) is 17.8 Å². The van der Waals surface area contributed by atoms with E-state index in [2.05, 4.69) is 34.1 Å². The standard InChI is InChI=1S/C14H26N6O/c1-3-20(4-2)14-18-12(15)17-13(19-14)16-8-10-6-5-7-11(10)9-21/h10-11,21H,3-9H2,1-2H3,(H3,15,16,17,18,19). The van der Waals surface area contributed by atoms with Gasteiger partial charge in [0.25, 0.3) is 0 Å². The molecule has 1 aliphatic carbocycles. The normalized spacial score (nSPS) is 21.5. The summed E-state index contributed by atoms with van der Waals surface area (Å²) >= 11 is 0. The van der Waals surface area contributed by atoms with E-state index in [9.17, 15) is 5.11 Å². The van der Waals surface area contributed by atoms with Crippen molar-refractivity contribution in [3.63, 3.8) is 0 Å². The van der Waals surface area contributed by atoms with E-state index in [-0.39, 0.29) is 12.6 Å². The molecule has 2 rings (SSSR count). The number of nitrogens with two attached hydrogens (primary N) is 1. The molecule has 118 valence electrons. The van der Waals surface area contributed by atoms with Gasteiger partial charge in [0.1, 0.15) is 0 Å². The van der Waals surface area contributed by atoms with Crippen molar-refractivity contribution >= 4 is 17.8 Å². The molecular weight excluding hydrogens is 268 g/mol. The number of nitrogens with zero attached hydrogens (tertiary/aromatic N) is 4. The van der Waals surface area contributed by atoms with E-state index in [0.717, 1.165) is 32.5 Å². The fourth-order valence-electron chi connectivity index (χ4n) is 2.95. The first-order valence-electron chi connectivity index (χ1n) is 7.79. The molecule has 2 unspecified atom stereocenters. The Morgan fingerprint density at radius 2 is 1.90 bits per heavy atom. The summed E-state index contributed by atoms with van der Waals surface area (Å²) < 4.78 is 0. The molecular formula is C14H26N6O. The predicted molar refractivity (Wildman–Crippen MR) is 84.2 cm³/mol. The van der Waals surface area contributed by atoms with Gasteiger partial charge < -0.3 is 21.1 Å². The number of aliphatic hydroxyl groups is 1. The average molecular weight is 294 g/mol. The third-order valence-corrected chi connectivity index (χ3v) is 4.26. The fraction of sp³-hybridized carbons (Fsp3) is 0.786. The molecule has 4 N–H and O–H groups in total. The lowest BCUT2D eigenvalue weighted by atomic mass is 9.97. The molecule has 7 nitrogen and oxygen atoms in total. The second kappa shape index (κ2) is 7.40. The molecule has 1 fully saturated rings. The molecule has 0 saturated heterocycles. The van der Waals surface area contributed by atoms with E-state index in [1.165, 1.54) is 6.42 Å². The zero-order valence-electron chi connectivity index (χ0n) is 12.9. The number of anilines is 3. The predicted octanol–water partition coefficient (Wildman–Crippen LogP) is 1.12. The van der Waals surface area contributed by atoms with Crippen LogP contribution in [0.1, 0.15) is 33.1 Å². The Balaban J connectivity index is 2.02. The van der Waals surface area contributed by atoms with Crippen molar-refractivity contribution in [3.05, 3.63) is 0 Å². The first-order valence-corrected chi connectivity index (χ1v) is 7.79. The highest BCUT2D eigenvalue weighted by molar-refractivity contribution is 5.41. The molecule has 1 saturated carbocycles. The molecule has 0 spiro atoms. The van der Waals surface area contributed by atoms with Gasteiger partial charge in [-0.05, 0) is 38.5 Å². The zero-order valence-corrected chi connectivity index (χ0v) is 12.9. The topological polar surface area (TPSA) is 100 Å².